The van der Waals surface area contributed by atoms with E-state index < -0.39 is 23.6 Å². The molecule has 4 N–H and O–H groups in total. The van der Waals surface area contributed by atoms with Crippen molar-refractivity contribution in [2.75, 3.05) is 0 Å². The number of aromatic nitrogens is 2. The molecule has 1 aromatic heterocycles. The van der Waals surface area contributed by atoms with E-state index in [1.54, 1.807) is 6.92 Å². The molecule has 0 saturated carbocycles. The minimum Gasteiger partial charge on any atom is -0.388 e. The minimum absolute atomic E-state index is 0.371. The highest BCUT2D eigenvalue weighted by Crippen LogP contribution is 2.26. The molecule has 1 aromatic rings. The Hall–Kier alpha value is -1.44. The van der Waals surface area contributed by atoms with E-state index in [-0.39, 0.29) is 6.04 Å². The number of ether oxygens (including phenoxy) is 1. The molecule has 1 aliphatic heterocycles. The van der Waals surface area contributed by atoms with Gasteiger partial charge in [0.05, 0.1) is 0 Å². The van der Waals surface area contributed by atoms with Crippen LogP contribution >= 0.6 is 0 Å². The number of rotatable bonds is 2. The van der Waals surface area contributed by atoms with Crippen LogP contribution in [0.4, 0.5) is 0 Å². The fraction of sp³-hybridized carbons (Fsp3) is 0.500. The lowest BCUT2D eigenvalue weighted by Gasteiger charge is -2.14. The molecule has 0 spiro atoms. The first kappa shape index (κ1) is 12.0. The van der Waals surface area contributed by atoms with Crippen molar-refractivity contribution < 1.29 is 9.84 Å². The Morgan fingerprint density at radius 2 is 2.35 bits per heavy atom. The summed E-state index contributed by atoms with van der Waals surface area (Å²) >= 11 is 0. The highest BCUT2D eigenvalue weighted by atomic mass is 16.5. The van der Waals surface area contributed by atoms with Gasteiger partial charge in [-0.3, -0.25) is 14.3 Å². The maximum atomic E-state index is 11.6. The first-order valence-corrected chi connectivity index (χ1v) is 5.23. The van der Waals surface area contributed by atoms with Crippen LogP contribution in [-0.2, 0) is 4.74 Å². The zero-order chi connectivity index (χ0) is 12.6. The Balaban J connectivity index is 2.34. The molecule has 1 unspecified atom stereocenters. The molecule has 2 heterocycles. The largest absolute Gasteiger partial charge is 0.388 e. The molecule has 7 heteroatoms. The zero-order valence-electron chi connectivity index (χ0n) is 9.29. The van der Waals surface area contributed by atoms with Crippen LogP contribution in [0.3, 0.4) is 0 Å². The zero-order valence-corrected chi connectivity index (χ0v) is 9.29. The molecular weight excluding hydrogens is 226 g/mol. The first-order valence-electron chi connectivity index (χ1n) is 5.23. The quantitative estimate of drug-likeness (QED) is 0.613. The van der Waals surface area contributed by atoms with Crippen LogP contribution in [0.5, 0.6) is 0 Å². The van der Waals surface area contributed by atoms with Crippen LogP contribution in [0, 0.1) is 13.5 Å². The fourth-order valence-electron chi connectivity index (χ4n) is 1.83. The number of aromatic amines is 1. The maximum absolute atomic E-state index is 11.6. The van der Waals surface area contributed by atoms with Gasteiger partial charge in [0.2, 0.25) is 0 Å². The predicted octanol–water partition coefficient (Wildman–Crippen LogP) is -1.01. The second-order valence-corrected chi connectivity index (χ2v) is 4.08. The van der Waals surface area contributed by atoms with Gasteiger partial charge in [0.15, 0.2) is 0 Å². The number of aliphatic hydroxyl groups is 1. The Morgan fingerprint density at radius 1 is 1.65 bits per heavy atom. The Morgan fingerprint density at radius 3 is 2.94 bits per heavy atom. The molecule has 0 aliphatic carbocycles. The summed E-state index contributed by atoms with van der Waals surface area (Å²) in [5.74, 6) is 0. The Labute approximate surface area is 96.8 Å². The third-order valence-corrected chi connectivity index (χ3v) is 2.81. The van der Waals surface area contributed by atoms with Crippen molar-refractivity contribution in [2.45, 2.75) is 31.7 Å². The van der Waals surface area contributed by atoms with Gasteiger partial charge in [-0.1, -0.05) is 0 Å². The van der Waals surface area contributed by atoms with Gasteiger partial charge in [-0.25, -0.2) is 4.79 Å². The van der Waals surface area contributed by atoms with E-state index in [4.69, 9.17) is 15.6 Å². The van der Waals surface area contributed by atoms with Gasteiger partial charge < -0.3 is 15.6 Å². The number of nitrogens with one attached hydrogen (secondary N) is 1. The van der Waals surface area contributed by atoms with Crippen molar-refractivity contribution in [1.82, 2.24) is 9.55 Å². The fourth-order valence-corrected chi connectivity index (χ4v) is 1.83. The van der Waals surface area contributed by atoms with Crippen LogP contribution in [-0.4, -0.2) is 26.8 Å². The Bertz CT molecular complexity index is 521. The average molecular weight is 240 g/mol. The topological polar surface area (TPSA) is 110 Å². The summed E-state index contributed by atoms with van der Waals surface area (Å²) in [7, 11) is 0. The van der Waals surface area contributed by atoms with Crippen LogP contribution < -0.4 is 17.0 Å². The molecule has 7 nitrogen and oxygen atoms in total. The summed E-state index contributed by atoms with van der Waals surface area (Å²) in [6, 6.07) is -0.371. The number of hydrogen-bond donors (Lipinski definition) is 3. The lowest BCUT2D eigenvalue weighted by Crippen LogP contribution is -2.33. The van der Waals surface area contributed by atoms with Gasteiger partial charge in [0.25, 0.3) is 5.56 Å². The molecule has 1 fully saturated rings. The van der Waals surface area contributed by atoms with Crippen LogP contribution in [0.15, 0.2) is 15.8 Å². The Kier molecular flexibility index (Phi) is 3.14. The lowest BCUT2D eigenvalue weighted by molar-refractivity contribution is -0.00640. The monoisotopic (exact) mass is 240 g/mol. The minimum atomic E-state index is -0.598. The number of H-pyrrole nitrogens is 1. The van der Waals surface area contributed by atoms with Crippen LogP contribution in [0.2, 0.25) is 0 Å². The summed E-state index contributed by atoms with van der Waals surface area (Å²) < 4.78 is 6.67. The smallest absolute Gasteiger partial charge is 0.330 e. The SMILES string of the molecule is Cc1cn([C@H]2CC(N)[C@@H]([CH]O)O2)c(=O)[nH]c1=O. The van der Waals surface area contributed by atoms with E-state index in [0.29, 0.717) is 12.0 Å². The van der Waals surface area contributed by atoms with Gasteiger partial charge >= 0.3 is 5.69 Å². The molecule has 1 saturated heterocycles. The van der Waals surface area contributed by atoms with Crippen LogP contribution in [0.1, 0.15) is 18.2 Å². The molecule has 93 valence electrons. The van der Waals surface area contributed by atoms with E-state index in [2.05, 4.69) is 4.98 Å². The van der Waals surface area contributed by atoms with E-state index in [0.717, 1.165) is 6.61 Å². The van der Waals surface area contributed by atoms with Gasteiger partial charge in [-0.2, -0.15) is 0 Å². The summed E-state index contributed by atoms with van der Waals surface area (Å²) in [5.41, 5.74) is 5.18. The third kappa shape index (κ3) is 2.17. The molecule has 0 aromatic carbocycles. The highest BCUT2D eigenvalue weighted by Gasteiger charge is 2.34. The van der Waals surface area contributed by atoms with Crippen molar-refractivity contribution in [3.8, 4) is 0 Å². The average Bonchev–Trinajstić information content (AvgIpc) is 2.65. The van der Waals surface area contributed by atoms with Gasteiger partial charge in [0, 0.05) is 24.2 Å². The number of nitrogens with zero attached hydrogens (tertiary/aromatic N) is 1. The second kappa shape index (κ2) is 4.44. The predicted molar refractivity (Wildman–Crippen MR) is 58.8 cm³/mol. The van der Waals surface area contributed by atoms with E-state index >= 15 is 0 Å². The highest BCUT2D eigenvalue weighted by molar-refractivity contribution is 5.02. The molecule has 0 bridgehead atoms. The first-order chi connectivity index (χ1) is 8.02. The summed E-state index contributed by atoms with van der Waals surface area (Å²) in [6.07, 6.45) is 0.659. The van der Waals surface area contributed by atoms with E-state index in [1.807, 2.05) is 0 Å². The van der Waals surface area contributed by atoms with Crippen molar-refractivity contribution >= 4 is 0 Å². The normalized spacial score (nSPS) is 28.5. The molecule has 17 heavy (non-hydrogen) atoms. The summed E-state index contributed by atoms with van der Waals surface area (Å²) in [4.78, 5) is 25.0. The number of aliphatic hydroxyl groups excluding tert-OH is 1. The van der Waals surface area contributed by atoms with Gasteiger partial charge in [-0.05, 0) is 6.92 Å². The molecule has 1 radical (unpaired) electrons. The van der Waals surface area contributed by atoms with Crippen molar-refractivity contribution in [2.24, 2.45) is 5.73 Å². The molecule has 2 rings (SSSR count). The van der Waals surface area contributed by atoms with Crippen molar-refractivity contribution in [3.05, 3.63) is 39.2 Å². The van der Waals surface area contributed by atoms with Crippen molar-refractivity contribution in [3.63, 3.8) is 0 Å². The summed E-state index contributed by atoms with van der Waals surface area (Å²) in [5, 5.41) is 8.89. The number of nitrogens with two attached hydrogens (primary N) is 1. The van der Waals surface area contributed by atoms with E-state index in [1.165, 1.54) is 10.8 Å². The van der Waals surface area contributed by atoms with E-state index in [9.17, 15) is 9.59 Å². The standard InChI is InChI=1S/C10H14N3O4/c1-5-3-13(10(16)12-9(5)15)8-2-6(11)7(4-14)17-8/h3-4,6-8,14H,2,11H2,1H3,(H,12,15,16)/t6?,7-,8-/m1/s1. The maximum Gasteiger partial charge on any atom is 0.330 e. The summed E-state index contributed by atoms with van der Waals surface area (Å²) in [6.45, 7) is 2.47. The van der Waals surface area contributed by atoms with Crippen LogP contribution in [0.25, 0.3) is 0 Å². The molecule has 1 aliphatic rings. The third-order valence-electron chi connectivity index (χ3n) is 2.81. The molecule has 0 amide bonds. The number of aryl methyl sites for hydroxylation is 1. The number of hydrogen-bond acceptors (Lipinski definition) is 5. The second-order valence-electron chi connectivity index (χ2n) is 4.08. The van der Waals surface area contributed by atoms with Gasteiger partial charge in [0.1, 0.15) is 18.9 Å². The van der Waals surface area contributed by atoms with Crippen molar-refractivity contribution in [1.29, 1.82) is 0 Å². The molecular formula is C10H14N3O4. The molecule has 3 atom stereocenters. The van der Waals surface area contributed by atoms with Gasteiger partial charge in [-0.15, -0.1) is 0 Å². The lowest BCUT2D eigenvalue weighted by atomic mass is 10.1.